The maximum atomic E-state index is 12.1. The Bertz CT molecular complexity index is 539. The second-order valence-corrected chi connectivity index (χ2v) is 7.32. The first kappa shape index (κ1) is 19.5. The summed E-state index contributed by atoms with van der Waals surface area (Å²) in [6.45, 7) is 14.5. The minimum Gasteiger partial charge on any atom is -0.493 e. The van der Waals surface area contributed by atoms with Crippen molar-refractivity contribution in [1.82, 2.24) is 0 Å². The fourth-order valence-corrected chi connectivity index (χ4v) is 2.31. The maximum absolute atomic E-state index is 12.1. The molecule has 0 bridgehead atoms. The summed E-state index contributed by atoms with van der Waals surface area (Å²) >= 11 is 0. The van der Waals surface area contributed by atoms with Crippen LogP contribution in [0.2, 0.25) is 0 Å². The fraction of sp³-hybridized carbons (Fsp3) is 0.650. The van der Waals surface area contributed by atoms with Crippen molar-refractivity contribution >= 4 is 5.97 Å². The number of benzene rings is 1. The second-order valence-electron chi connectivity index (χ2n) is 7.32. The summed E-state index contributed by atoms with van der Waals surface area (Å²) in [5.74, 6) is 1.35. The van der Waals surface area contributed by atoms with Gasteiger partial charge in [-0.25, -0.2) is 0 Å². The van der Waals surface area contributed by atoms with Crippen LogP contribution in [0.1, 0.15) is 70.1 Å². The van der Waals surface area contributed by atoms with E-state index in [1.165, 1.54) is 19.3 Å². The third-order valence-electron chi connectivity index (χ3n) is 4.04. The third-order valence-corrected chi connectivity index (χ3v) is 4.04. The Kier molecular flexibility index (Phi) is 7.11. The van der Waals surface area contributed by atoms with Gasteiger partial charge in [-0.2, -0.15) is 0 Å². The van der Waals surface area contributed by atoms with Gasteiger partial charge in [-0.05, 0) is 70.7 Å². The van der Waals surface area contributed by atoms with Gasteiger partial charge in [-0.15, -0.1) is 0 Å². The Labute approximate surface area is 141 Å². The van der Waals surface area contributed by atoms with Gasteiger partial charge in [0.05, 0.1) is 12.0 Å². The number of carbonyl (C=O) groups is 1. The van der Waals surface area contributed by atoms with Crippen LogP contribution in [0.25, 0.3) is 0 Å². The molecule has 1 rings (SSSR count). The number of unbranched alkanes of at least 4 members (excludes halogenated alkanes) is 3. The van der Waals surface area contributed by atoms with Gasteiger partial charge < -0.3 is 9.47 Å². The predicted octanol–water partition coefficient (Wildman–Crippen LogP) is 5.52. The van der Waals surface area contributed by atoms with Crippen molar-refractivity contribution < 1.29 is 14.3 Å². The van der Waals surface area contributed by atoms with Crippen LogP contribution in [0.4, 0.5) is 0 Å². The van der Waals surface area contributed by atoms with Gasteiger partial charge in [-0.1, -0.05) is 26.2 Å². The highest BCUT2D eigenvalue weighted by molar-refractivity contribution is 5.78. The number of hydrogen-bond acceptors (Lipinski definition) is 3. The van der Waals surface area contributed by atoms with Gasteiger partial charge in [0.15, 0.2) is 0 Å². The molecule has 0 aromatic heterocycles. The van der Waals surface area contributed by atoms with Crippen molar-refractivity contribution in [2.45, 2.75) is 74.1 Å². The van der Waals surface area contributed by atoms with Crippen LogP contribution in [0.15, 0.2) is 6.07 Å². The average Bonchev–Trinajstić information content (AvgIpc) is 2.46. The van der Waals surface area contributed by atoms with E-state index in [9.17, 15) is 4.79 Å². The van der Waals surface area contributed by atoms with Crippen LogP contribution in [0.5, 0.6) is 11.5 Å². The van der Waals surface area contributed by atoms with Gasteiger partial charge in [0.1, 0.15) is 11.5 Å². The number of ether oxygens (including phenoxy) is 2. The van der Waals surface area contributed by atoms with Crippen LogP contribution in [0.3, 0.4) is 0 Å². The molecule has 0 fully saturated rings. The van der Waals surface area contributed by atoms with E-state index >= 15 is 0 Å². The summed E-state index contributed by atoms with van der Waals surface area (Å²) in [5.41, 5.74) is 2.53. The lowest BCUT2D eigenvalue weighted by atomic mass is 9.97. The molecular weight excluding hydrogens is 288 g/mol. The molecular formula is C20H32O3. The SMILES string of the molecule is CCCCCCOc1c(C)cc(OC(=O)C(C)(C)C)c(C)c1C. The zero-order valence-electron chi connectivity index (χ0n) is 15.8. The molecule has 0 amide bonds. The highest BCUT2D eigenvalue weighted by atomic mass is 16.5. The lowest BCUT2D eigenvalue weighted by molar-refractivity contribution is -0.143. The Morgan fingerprint density at radius 3 is 2.26 bits per heavy atom. The van der Waals surface area contributed by atoms with E-state index in [2.05, 4.69) is 6.92 Å². The van der Waals surface area contributed by atoms with E-state index in [0.717, 1.165) is 35.5 Å². The Hall–Kier alpha value is -1.51. The summed E-state index contributed by atoms with van der Waals surface area (Å²) in [7, 11) is 0. The first-order chi connectivity index (χ1) is 10.7. The van der Waals surface area contributed by atoms with Crippen molar-refractivity contribution in [3.63, 3.8) is 0 Å². The molecule has 1 aromatic rings. The average molecular weight is 320 g/mol. The standard InChI is InChI=1S/C20H32O3/c1-8-9-10-11-12-22-18-14(2)13-17(15(3)16(18)4)23-19(21)20(5,6)7/h13H,8-12H2,1-7H3. The van der Waals surface area contributed by atoms with Gasteiger partial charge in [0.2, 0.25) is 0 Å². The highest BCUT2D eigenvalue weighted by Crippen LogP contribution is 2.34. The molecule has 0 saturated carbocycles. The van der Waals surface area contributed by atoms with Crippen LogP contribution >= 0.6 is 0 Å². The molecule has 0 unspecified atom stereocenters. The first-order valence-corrected chi connectivity index (χ1v) is 8.64. The Morgan fingerprint density at radius 1 is 1.04 bits per heavy atom. The lowest BCUT2D eigenvalue weighted by Gasteiger charge is -2.20. The molecule has 0 aliphatic rings. The summed E-state index contributed by atoms with van der Waals surface area (Å²) < 4.78 is 11.6. The molecule has 0 aliphatic carbocycles. The molecule has 0 spiro atoms. The van der Waals surface area contributed by atoms with E-state index in [0.29, 0.717) is 5.75 Å². The lowest BCUT2D eigenvalue weighted by Crippen LogP contribution is -2.26. The molecule has 0 N–H and O–H groups in total. The van der Waals surface area contributed by atoms with Crippen molar-refractivity contribution in [3.8, 4) is 11.5 Å². The van der Waals surface area contributed by atoms with E-state index in [1.807, 2.05) is 47.6 Å². The van der Waals surface area contributed by atoms with Crippen molar-refractivity contribution in [3.05, 3.63) is 22.8 Å². The molecule has 0 radical (unpaired) electrons. The van der Waals surface area contributed by atoms with Gasteiger partial charge in [0.25, 0.3) is 0 Å². The van der Waals surface area contributed by atoms with Crippen LogP contribution in [-0.2, 0) is 4.79 Å². The van der Waals surface area contributed by atoms with E-state index in [-0.39, 0.29) is 5.97 Å². The molecule has 3 nitrogen and oxygen atoms in total. The zero-order chi connectivity index (χ0) is 17.6. The van der Waals surface area contributed by atoms with Crippen LogP contribution in [-0.4, -0.2) is 12.6 Å². The number of esters is 1. The van der Waals surface area contributed by atoms with Gasteiger partial charge >= 0.3 is 5.97 Å². The number of carbonyl (C=O) groups excluding carboxylic acids is 1. The molecule has 0 saturated heterocycles. The van der Waals surface area contributed by atoms with Crippen molar-refractivity contribution in [2.24, 2.45) is 5.41 Å². The van der Waals surface area contributed by atoms with E-state index in [4.69, 9.17) is 9.47 Å². The van der Waals surface area contributed by atoms with Crippen molar-refractivity contribution in [1.29, 1.82) is 0 Å². The molecule has 1 aromatic carbocycles. The maximum Gasteiger partial charge on any atom is 0.316 e. The van der Waals surface area contributed by atoms with E-state index < -0.39 is 5.41 Å². The number of hydrogen-bond donors (Lipinski definition) is 0. The van der Waals surface area contributed by atoms with Gasteiger partial charge in [0, 0.05) is 0 Å². The normalized spacial score (nSPS) is 11.4. The summed E-state index contributed by atoms with van der Waals surface area (Å²) in [4.78, 5) is 12.1. The quantitative estimate of drug-likeness (QED) is 0.377. The summed E-state index contributed by atoms with van der Waals surface area (Å²) in [6, 6.07) is 1.91. The number of aryl methyl sites for hydroxylation is 1. The van der Waals surface area contributed by atoms with E-state index in [1.54, 1.807) is 0 Å². The Balaban J connectivity index is 2.85. The second kappa shape index (κ2) is 8.37. The largest absolute Gasteiger partial charge is 0.493 e. The minimum absolute atomic E-state index is 0.215. The molecule has 0 heterocycles. The van der Waals surface area contributed by atoms with Crippen LogP contribution in [0, 0.1) is 26.2 Å². The minimum atomic E-state index is -0.511. The fourth-order valence-electron chi connectivity index (χ4n) is 2.31. The summed E-state index contributed by atoms with van der Waals surface area (Å²) in [5, 5.41) is 0. The van der Waals surface area contributed by atoms with Gasteiger partial charge in [-0.3, -0.25) is 4.79 Å². The highest BCUT2D eigenvalue weighted by Gasteiger charge is 2.25. The molecule has 23 heavy (non-hydrogen) atoms. The van der Waals surface area contributed by atoms with Crippen molar-refractivity contribution in [2.75, 3.05) is 6.61 Å². The monoisotopic (exact) mass is 320 g/mol. The summed E-state index contributed by atoms with van der Waals surface area (Å²) in [6.07, 6.45) is 4.76. The first-order valence-electron chi connectivity index (χ1n) is 8.64. The molecule has 3 heteroatoms. The molecule has 0 atom stereocenters. The molecule has 130 valence electrons. The topological polar surface area (TPSA) is 35.5 Å². The zero-order valence-corrected chi connectivity index (χ0v) is 15.8. The molecule has 0 aliphatic heterocycles. The smallest absolute Gasteiger partial charge is 0.316 e. The third kappa shape index (κ3) is 5.56. The Morgan fingerprint density at radius 2 is 1.70 bits per heavy atom. The van der Waals surface area contributed by atoms with Crippen LogP contribution < -0.4 is 9.47 Å². The number of rotatable bonds is 7. The predicted molar refractivity (Wildman–Crippen MR) is 95.4 cm³/mol.